The molecule has 0 aliphatic carbocycles. The quantitative estimate of drug-likeness (QED) is 0.541. The molecule has 28 heavy (non-hydrogen) atoms. The molecule has 0 saturated carbocycles. The van der Waals surface area contributed by atoms with Crippen LogP contribution in [0.1, 0.15) is 27.0 Å². The Morgan fingerprint density at radius 3 is 2.46 bits per heavy atom. The molecule has 0 aliphatic rings. The first-order valence-electron chi connectivity index (χ1n) is 8.57. The third-order valence-electron chi connectivity index (χ3n) is 4.33. The van der Waals surface area contributed by atoms with Gasteiger partial charge in [-0.2, -0.15) is 0 Å². The highest BCUT2D eigenvalue weighted by atomic mass is 19.1. The summed E-state index contributed by atoms with van der Waals surface area (Å²) in [5.41, 5.74) is 2.63. The summed E-state index contributed by atoms with van der Waals surface area (Å²) in [5, 5.41) is 3.09. The van der Waals surface area contributed by atoms with Crippen molar-refractivity contribution in [3.8, 4) is 0 Å². The SMILES string of the molecule is Cc1cc2oc(=O)cc(COC(=O)CNC(=O)c3ccc(F)cc3)c2cc1C. The zero-order valence-corrected chi connectivity index (χ0v) is 15.4. The van der Waals surface area contributed by atoms with E-state index in [9.17, 15) is 18.8 Å². The molecule has 1 heterocycles. The molecule has 7 heteroatoms. The number of benzene rings is 2. The van der Waals surface area contributed by atoms with E-state index in [4.69, 9.17) is 9.15 Å². The Morgan fingerprint density at radius 2 is 1.75 bits per heavy atom. The molecule has 0 bridgehead atoms. The molecular weight excluding hydrogens is 365 g/mol. The lowest BCUT2D eigenvalue weighted by molar-refractivity contribution is -0.143. The van der Waals surface area contributed by atoms with Crippen LogP contribution < -0.4 is 10.9 Å². The van der Waals surface area contributed by atoms with Crippen LogP contribution in [-0.4, -0.2) is 18.4 Å². The number of ether oxygens (including phenoxy) is 1. The minimum atomic E-state index is -0.666. The lowest BCUT2D eigenvalue weighted by atomic mass is 10.0. The second-order valence-corrected chi connectivity index (χ2v) is 6.37. The van der Waals surface area contributed by atoms with E-state index in [1.807, 2.05) is 19.9 Å². The van der Waals surface area contributed by atoms with Crippen molar-refractivity contribution >= 4 is 22.8 Å². The van der Waals surface area contributed by atoms with E-state index in [0.29, 0.717) is 16.5 Å². The smallest absolute Gasteiger partial charge is 0.336 e. The number of aryl methyl sites for hydroxylation is 2. The minimum absolute atomic E-state index is 0.129. The maximum atomic E-state index is 12.9. The first-order chi connectivity index (χ1) is 13.3. The molecule has 144 valence electrons. The largest absolute Gasteiger partial charge is 0.459 e. The van der Waals surface area contributed by atoms with Crippen molar-refractivity contribution in [3.05, 3.63) is 81.0 Å². The van der Waals surface area contributed by atoms with Crippen LogP contribution in [0.15, 0.2) is 51.7 Å². The number of carbonyl (C=O) groups excluding carboxylic acids is 2. The number of rotatable bonds is 5. The topological polar surface area (TPSA) is 85.6 Å². The lowest BCUT2D eigenvalue weighted by Crippen LogP contribution is -2.30. The highest BCUT2D eigenvalue weighted by molar-refractivity contribution is 5.95. The molecule has 0 unspecified atom stereocenters. The average molecular weight is 383 g/mol. The predicted octanol–water partition coefficient (Wildman–Crippen LogP) is 3.02. The molecule has 1 N–H and O–H groups in total. The molecule has 0 aliphatic heterocycles. The number of esters is 1. The molecule has 0 spiro atoms. The van der Waals surface area contributed by atoms with Crippen molar-refractivity contribution < 1.29 is 23.1 Å². The molecule has 1 aromatic heterocycles. The highest BCUT2D eigenvalue weighted by Gasteiger charge is 2.12. The third-order valence-corrected chi connectivity index (χ3v) is 4.33. The standard InChI is InChI=1S/C21H18FNO5/c1-12-7-17-15(9-19(24)28-18(17)8-13(12)2)11-27-20(25)10-23-21(26)14-3-5-16(22)6-4-14/h3-9H,10-11H2,1-2H3,(H,23,26). The fourth-order valence-electron chi connectivity index (χ4n) is 2.67. The van der Waals surface area contributed by atoms with Gasteiger partial charge in [-0.1, -0.05) is 0 Å². The van der Waals surface area contributed by atoms with Crippen LogP contribution in [0.4, 0.5) is 4.39 Å². The second-order valence-electron chi connectivity index (χ2n) is 6.37. The Kier molecular flexibility index (Phi) is 5.54. The first-order valence-corrected chi connectivity index (χ1v) is 8.57. The van der Waals surface area contributed by atoms with Gasteiger partial charge in [0, 0.05) is 22.6 Å². The minimum Gasteiger partial charge on any atom is -0.459 e. The number of nitrogens with one attached hydrogen (secondary N) is 1. The Balaban J connectivity index is 1.64. The van der Waals surface area contributed by atoms with Crippen molar-refractivity contribution in [3.63, 3.8) is 0 Å². The number of hydrogen-bond donors (Lipinski definition) is 1. The molecule has 2 aromatic carbocycles. The Labute approximate surface area is 159 Å². The van der Waals surface area contributed by atoms with Gasteiger partial charge in [-0.25, -0.2) is 9.18 Å². The van der Waals surface area contributed by atoms with E-state index < -0.39 is 23.3 Å². The Bertz CT molecular complexity index is 1100. The molecular formula is C21H18FNO5. The van der Waals surface area contributed by atoms with Gasteiger partial charge in [-0.3, -0.25) is 9.59 Å². The summed E-state index contributed by atoms with van der Waals surface area (Å²) >= 11 is 0. The van der Waals surface area contributed by atoms with E-state index in [-0.39, 0.29) is 18.7 Å². The molecule has 6 nitrogen and oxygen atoms in total. The van der Waals surface area contributed by atoms with Crippen LogP contribution in [0, 0.1) is 19.7 Å². The molecule has 0 radical (unpaired) electrons. The number of carbonyl (C=O) groups is 2. The van der Waals surface area contributed by atoms with Crippen LogP contribution in [0.2, 0.25) is 0 Å². The zero-order chi connectivity index (χ0) is 20.3. The van der Waals surface area contributed by atoms with Gasteiger partial charge in [0.25, 0.3) is 5.91 Å². The number of hydrogen-bond acceptors (Lipinski definition) is 5. The summed E-state index contributed by atoms with van der Waals surface area (Å²) in [5.74, 6) is -1.64. The predicted molar refractivity (Wildman–Crippen MR) is 100 cm³/mol. The van der Waals surface area contributed by atoms with Crippen LogP contribution in [0.5, 0.6) is 0 Å². The summed E-state index contributed by atoms with van der Waals surface area (Å²) in [6.07, 6.45) is 0. The monoisotopic (exact) mass is 383 g/mol. The molecule has 1 amide bonds. The van der Waals surface area contributed by atoms with E-state index >= 15 is 0 Å². The fraction of sp³-hybridized carbons (Fsp3) is 0.190. The van der Waals surface area contributed by atoms with Crippen molar-refractivity contribution in [1.29, 1.82) is 0 Å². The summed E-state index contributed by atoms with van der Waals surface area (Å²) < 4.78 is 23.3. The Morgan fingerprint density at radius 1 is 1.07 bits per heavy atom. The summed E-state index contributed by atoms with van der Waals surface area (Å²) in [6, 6.07) is 9.85. The van der Waals surface area contributed by atoms with Gasteiger partial charge < -0.3 is 14.5 Å². The van der Waals surface area contributed by atoms with Crippen molar-refractivity contribution in [2.75, 3.05) is 6.54 Å². The number of halogens is 1. The number of amides is 1. The van der Waals surface area contributed by atoms with Gasteiger partial charge in [-0.15, -0.1) is 0 Å². The van der Waals surface area contributed by atoms with Gasteiger partial charge in [0.2, 0.25) is 0 Å². The maximum absolute atomic E-state index is 12.9. The van der Waals surface area contributed by atoms with Crippen LogP contribution in [0.25, 0.3) is 11.0 Å². The fourth-order valence-corrected chi connectivity index (χ4v) is 2.67. The zero-order valence-electron chi connectivity index (χ0n) is 15.4. The van der Waals surface area contributed by atoms with Crippen molar-refractivity contribution in [2.24, 2.45) is 0 Å². The van der Waals surface area contributed by atoms with Crippen LogP contribution in [0.3, 0.4) is 0 Å². The summed E-state index contributed by atoms with van der Waals surface area (Å²) in [6.45, 7) is 3.36. The summed E-state index contributed by atoms with van der Waals surface area (Å²) in [7, 11) is 0. The van der Waals surface area contributed by atoms with E-state index in [2.05, 4.69) is 5.32 Å². The van der Waals surface area contributed by atoms with Gasteiger partial charge in [-0.05, 0) is 61.4 Å². The molecule has 3 aromatic rings. The Hall–Kier alpha value is -3.48. The first kappa shape index (κ1) is 19.3. The highest BCUT2D eigenvalue weighted by Crippen LogP contribution is 2.22. The molecule has 0 fully saturated rings. The van der Waals surface area contributed by atoms with Crippen molar-refractivity contribution in [2.45, 2.75) is 20.5 Å². The third kappa shape index (κ3) is 4.43. The van der Waals surface area contributed by atoms with Crippen LogP contribution in [-0.2, 0) is 16.1 Å². The normalized spacial score (nSPS) is 10.7. The van der Waals surface area contributed by atoms with Gasteiger partial charge in [0.15, 0.2) is 0 Å². The lowest BCUT2D eigenvalue weighted by Gasteiger charge is -2.10. The number of fused-ring (bicyclic) bond motifs is 1. The van der Waals surface area contributed by atoms with Gasteiger partial charge in [0.1, 0.15) is 24.6 Å². The van der Waals surface area contributed by atoms with Crippen LogP contribution >= 0.6 is 0 Å². The maximum Gasteiger partial charge on any atom is 0.336 e. The molecule has 3 rings (SSSR count). The van der Waals surface area contributed by atoms with E-state index in [0.717, 1.165) is 23.3 Å². The van der Waals surface area contributed by atoms with E-state index in [1.54, 1.807) is 6.07 Å². The van der Waals surface area contributed by atoms with Gasteiger partial charge >= 0.3 is 11.6 Å². The van der Waals surface area contributed by atoms with Gasteiger partial charge in [0.05, 0.1) is 0 Å². The van der Waals surface area contributed by atoms with Crippen molar-refractivity contribution in [1.82, 2.24) is 5.32 Å². The molecule has 0 atom stereocenters. The summed E-state index contributed by atoms with van der Waals surface area (Å²) in [4.78, 5) is 35.6. The second kappa shape index (κ2) is 8.04. The van der Waals surface area contributed by atoms with E-state index in [1.165, 1.54) is 18.2 Å². The average Bonchev–Trinajstić information content (AvgIpc) is 2.66. The molecule has 0 saturated heterocycles.